The van der Waals surface area contributed by atoms with E-state index in [4.69, 9.17) is 4.74 Å². The van der Waals surface area contributed by atoms with Crippen LogP contribution in [0.2, 0.25) is 0 Å². The molecule has 2 aromatic heterocycles. The maximum Gasteiger partial charge on any atom is 0.234 e. The van der Waals surface area contributed by atoms with E-state index in [2.05, 4.69) is 27.4 Å². The normalized spacial score (nSPS) is 11.2. The molecule has 3 rings (SSSR count). The average molecular weight is 274 g/mol. The summed E-state index contributed by atoms with van der Waals surface area (Å²) in [5.74, 6) is 0.861. The van der Waals surface area contributed by atoms with Gasteiger partial charge in [-0.15, -0.1) is 10.2 Å². The standard InChI is InChI=1S/C13H14N4OS/c1-2-18-9-12-16-17-11(14-15-13(17)19-12)8-10-6-4-3-5-7-10/h3-7H,2,8-9H2,1H3. The average Bonchev–Trinajstić information content (AvgIpc) is 2.99. The first-order valence-corrected chi connectivity index (χ1v) is 7.00. The molecular formula is C13H14N4OS. The summed E-state index contributed by atoms with van der Waals surface area (Å²) in [6, 6.07) is 10.2. The van der Waals surface area contributed by atoms with Gasteiger partial charge in [0.15, 0.2) is 5.82 Å². The molecule has 1 aromatic carbocycles. The van der Waals surface area contributed by atoms with Crippen LogP contribution in [0.25, 0.3) is 4.96 Å². The highest BCUT2D eigenvalue weighted by molar-refractivity contribution is 7.16. The number of aromatic nitrogens is 4. The Hall–Kier alpha value is -1.79. The highest BCUT2D eigenvalue weighted by Gasteiger charge is 2.11. The molecule has 0 saturated carbocycles. The van der Waals surface area contributed by atoms with Gasteiger partial charge < -0.3 is 4.74 Å². The Bertz CT molecular complexity index is 662. The van der Waals surface area contributed by atoms with Crippen LogP contribution < -0.4 is 0 Å². The van der Waals surface area contributed by atoms with Crippen molar-refractivity contribution in [2.24, 2.45) is 0 Å². The van der Waals surface area contributed by atoms with E-state index in [-0.39, 0.29) is 0 Å². The fourth-order valence-electron chi connectivity index (χ4n) is 1.83. The molecule has 2 heterocycles. The molecule has 0 spiro atoms. The minimum atomic E-state index is 0.537. The molecule has 98 valence electrons. The molecule has 5 nitrogen and oxygen atoms in total. The molecule has 0 aliphatic carbocycles. The molecule has 0 aliphatic heterocycles. The molecule has 6 heteroatoms. The minimum absolute atomic E-state index is 0.537. The van der Waals surface area contributed by atoms with E-state index in [1.807, 2.05) is 29.6 Å². The largest absolute Gasteiger partial charge is 0.374 e. The van der Waals surface area contributed by atoms with Crippen LogP contribution in [-0.2, 0) is 17.8 Å². The van der Waals surface area contributed by atoms with Gasteiger partial charge in [-0.25, -0.2) is 0 Å². The second-order valence-electron chi connectivity index (χ2n) is 4.11. The van der Waals surface area contributed by atoms with Crippen molar-refractivity contribution in [2.45, 2.75) is 20.0 Å². The Labute approximate surface area is 114 Å². The third-order valence-corrected chi connectivity index (χ3v) is 3.60. The van der Waals surface area contributed by atoms with Crippen molar-refractivity contribution in [1.29, 1.82) is 0 Å². The second-order valence-corrected chi connectivity index (χ2v) is 5.15. The summed E-state index contributed by atoms with van der Waals surface area (Å²) in [6.07, 6.45) is 0.736. The molecule has 0 saturated heterocycles. The van der Waals surface area contributed by atoms with Crippen molar-refractivity contribution in [3.63, 3.8) is 0 Å². The molecule has 0 amide bonds. The molecular weight excluding hydrogens is 260 g/mol. The van der Waals surface area contributed by atoms with Crippen LogP contribution >= 0.6 is 11.3 Å². The maximum atomic E-state index is 5.36. The lowest BCUT2D eigenvalue weighted by Crippen LogP contribution is -1.99. The molecule has 0 unspecified atom stereocenters. The monoisotopic (exact) mass is 274 g/mol. The maximum absolute atomic E-state index is 5.36. The molecule has 0 radical (unpaired) electrons. The number of benzene rings is 1. The lowest BCUT2D eigenvalue weighted by molar-refractivity contribution is 0.133. The van der Waals surface area contributed by atoms with Gasteiger partial charge in [0.25, 0.3) is 0 Å². The highest BCUT2D eigenvalue weighted by Crippen LogP contribution is 2.16. The van der Waals surface area contributed by atoms with Gasteiger partial charge in [-0.2, -0.15) is 9.61 Å². The van der Waals surface area contributed by atoms with Gasteiger partial charge in [-0.1, -0.05) is 41.7 Å². The number of hydrogen-bond acceptors (Lipinski definition) is 5. The van der Waals surface area contributed by atoms with E-state index < -0.39 is 0 Å². The van der Waals surface area contributed by atoms with E-state index in [1.54, 1.807) is 0 Å². The Kier molecular flexibility index (Phi) is 3.52. The molecule has 3 aromatic rings. The summed E-state index contributed by atoms with van der Waals surface area (Å²) in [6.45, 7) is 3.20. The Morgan fingerprint density at radius 1 is 1.21 bits per heavy atom. The molecule has 19 heavy (non-hydrogen) atoms. The molecule has 0 fully saturated rings. The summed E-state index contributed by atoms with van der Waals surface area (Å²) in [5, 5.41) is 13.8. The van der Waals surface area contributed by atoms with Crippen LogP contribution in [-0.4, -0.2) is 26.4 Å². The van der Waals surface area contributed by atoms with E-state index in [9.17, 15) is 0 Å². The van der Waals surface area contributed by atoms with Crippen LogP contribution in [0, 0.1) is 0 Å². The third-order valence-electron chi connectivity index (χ3n) is 2.73. The molecule has 0 aliphatic rings. The van der Waals surface area contributed by atoms with Crippen molar-refractivity contribution >= 4 is 16.3 Å². The Morgan fingerprint density at radius 2 is 2.05 bits per heavy atom. The fourth-order valence-corrected chi connectivity index (χ4v) is 2.62. The van der Waals surface area contributed by atoms with Gasteiger partial charge in [-0.3, -0.25) is 0 Å². The number of rotatable bonds is 5. The van der Waals surface area contributed by atoms with E-state index in [1.165, 1.54) is 16.9 Å². The van der Waals surface area contributed by atoms with Crippen molar-refractivity contribution in [3.8, 4) is 0 Å². The minimum Gasteiger partial charge on any atom is -0.374 e. The van der Waals surface area contributed by atoms with E-state index >= 15 is 0 Å². The quantitative estimate of drug-likeness (QED) is 0.716. The SMILES string of the molecule is CCOCc1nn2c(Cc3ccccc3)nnc2s1. The first-order chi connectivity index (χ1) is 9.36. The second kappa shape index (κ2) is 5.46. The summed E-state index contributed by atoms with van der Waals surface area (Å²) < 4.78 is 7.17. The number of fused-ring (bicyclic) bond motifs is 1. The lowest BCUT2D eigenvalue weighted by atomic mass is 10.1. The molecule has 0 atom stereocenters. The van der Waals surface area contributed by atoms with Crippen LogP contribution in [0.15, 0.2) is 30.3 Å². The predicted octanol–water partition coefficient (Wildman–Crippen LogP) is 2.31. The van der Waals surface area contributed by atoms with E-state index in [0.29, 0.717) is 13.2 Å². The Morgan fingerprint density at radius 3 is 2.84 bits per heavy atom. The highest BCUT2D eigenvalue weighted by atomic mass is 32.1. The summed E-state index contributed by atoms with van der Waals surface area (Å²) in [4.78, 5) is 0.820. The first kappa shape index (κ1) is 12.3. The summed E-state index contributed by atoms with van der Waals surface area (Å²) >= 11 is 1.52. The number of hydrogen-bond donors (Lipinski definition) is 0. The topological polar surface area (TPSA) is 52.3 Å². The van der Waals surface area contributed by atoms with Gasteiger partial charge in [0.05, 0.1) is 0 Å². The van der Waals surface area contributed by atoms with Crippen LogP contribution in [0.5, 0.6) is 0 Å². The Balaban J connectivity index is 1.85. The van der Waals surface area contributed by atoms with Gasteiger partial charge in [-0.05, 0) is 12.5 Å². The molecule has 0 N–H and O–H groups in total. The zero-order valence-corrected chi connectivity index (χ0v) is 11.4. The zero-order chi connectivity index (χ0) is 13.1. The number of nitrogens with zero attached hydrogens (tertiary/aromatic N) is 4. The smallest absolute Gasteiger partial charge is 0.234 e. The van der Waals surface area contributed by atoms with Crippen molar-refractivity contribution in [1.82, 2.24) is 19.8 Å². The first-order valence-electron chi connectivity index (χ1n) is 6.18. The van der Waals surface area contributed by atoms with Gasteiger partial charge in [0.2, 0.25) is 4.96 Å². The number of ether oxygens (including phenoxy) is 1. The van der Waals surface area contributed by atoms with E-state index in [0.717, 1.165) is 22.2 Å². The summed E-state index contributed by atoms with van der Waals surface area (Å²) in [5.41, 5.74) is 1.20. The fraction of sp³-hybridized carbons (Fsp3) is 0.308. The molecule has 0 bridgehead atoms. The predicted molar refractivity (Wildman–Crippen MR) is 73.2 cm³/mol. The zero-order valence-electron chi connectivity index (χ0n) is 10.6. The third kappa shape index (κ3) is 2.64. The van der Waals surface area contributed by atoms with Crippen molar-refractivity contribution in [3.05, 3.63) is 46.7 Å². The van der Waals surface area contributed by atoms with Crippen LogP contribution in [0.4, 0.5) is 0 Å². The van der Waals surface area contributed by atoms with Crippen LogP contribution in [0.3, 0.4) is 0 Å². The summed E-state index contributed by atoms with van der Waals surface area (Å²) in [7, 11) is 0. The van der Waals surface area contributed by atoms with Gasteiger partial charge in [0.1, 0.15) is 11.6 Å². The van der Waals surface area contributed by atoms with Crippen molar-refractivity contribution in [2.75, 3.05) is 6.61 Å². The van der Waals surface area contributed by atoms with Gasteiger partial charge >= 0.3 is 0 Å². The van der Waals surface area contributed by atoms with Gasteiger partial charge in [0, 0.05) is 13.0 Å². The van der Waals surface area contributed by atoms with Crippen LogP contribution in [0.1, 0.15) is 23.3 Å². The lowest BCUT2D eigenvalue weighted by Gasteiger charge is -1.97. The van der Waals surface area contributed by atoms with Crippen molar-refractivity contribution < 1.29 is 4.74 Å².